The third-order valence-electron chi connectivity index (χ3n) is 5.40. The highest BCUT2D eigenvalue weighted by Gasteiger charge is 2.09. The highest BCUT2D eigenvalue weighted by Crippen LogP contribution is 2.02. The average Bonchev–Trinajstić information content (AvgIpc) is 2.81. The van der Waals surface area contributed by atoms with Crippen molar-refractivity contribution in [3.63, 3.8) is 0 Å². The van der Waals surface area contributed by atoms with Crippen molar-refractivity contribution in [3.8, 4) is 0 Å². The van der Waals surface area contributed by atoms with Gasteiger partial charge in [0.15, 0.2) is 0 Å². The maximum absolute atomic E-state index is 11.6. The number of aromatic amines is 2. The van der Waals surface area contributed by atoms with E-state index in [-0.39, 0.29) is 11.1 Å². The van der Waals surface area contributed by atoms with E-state index in [1.807, 2.05) is 12.1 Å². The Bertz CT molecular complexity index is 838. The highest BCUT2D eigenvalue weighted by atomic mass is 16.5. The van der Waals surface area contributed by atoms with E-state index in [0.29, 0.717) is 65.9 Å². The van der Waals surface area contributed by atoms with Crippen LogP contribution in [0.25, 0.3) is 0 Å². The molecule has 10 heteroatoms. The Morgan fingerprint density at radius 2 is 0.912 bits per heavy atom. The van der Waals surface area contributed by atoms with Crippen LogP contribution in [0.1, 0.15) is 11.4 Å². The second-order valence-corrected chi connectivity index (χ2v) is 8.08. The molecule has 10 nitrogen and oxygen atoms in total. The predicted octanol–water partition coefficient (Wildman–Crippen LogP) is 0.447. The Morgan fingerprint density at radius 3 is 1.24 bits per heavy atom. The van der Waals surface area contributed by atoms with Crippen LogP contribution in [0.5, 0.6) is 0 Å². The van der Waals surface area contributed by atoms with Crippen LogP contribution in [-0.4, -0.2) is 98.8 Å². The molecule has 3 heterocycles. The van der Waals surface area contributed by atoms with Crippen molar-refractivity contribution in [2.75, 3.05) is 79.0 Å². The second-order valence-electron chi connectivity index (χ2n) is 8.08. The fraction of sp³-hybridized carbons (Fsp3) is 0.583. The first kappa shape index (κ1) is 26.3. The van der Waals surface area contributed by atoms with Crippen molar-refractivity contribution in [2.24, 2.45) is 0 Å². The molecule has 0 aromatic carbocycles. The zero-order chi connectivity index (χ0) is 23.8. The second kappa shape index (κ2) is 15.5. The Hall–Kier alpha value is -2.34. The third-order valence-corrected chi connectivity index (χ3v) is 5.40. The summed E-state index contributed by atoms with van der Waals surface area (Å²) in [5.41, 5.74) is 1.53. The lowest BCUT2D eigenvalue weighted by Gasteiger charge is -2.23. The first-order chi connectivity index (χ1) is 16.7. The summed E-state index contributed by atoms with van der Waals surface area (Å²) in [6.07, 6.45) is 0. The quantitative estimate of drug-likeness (QED) is 0.655. The van der Waals surface area contributed by atoms with Crippen LogP contribution in [0.2, 0.25) is 0 Å². The Balaban J connectivity index is 1.46. The van der Waals surface area contributed by atoms with Crippen LogP contribution in [-0.2, 0) is 32.0 Å². The molecule has 3 rings (SSSR count). The van der Waals surface area contributed by atoms with E-state index in [4.69, 9.17) is 18.9 Å². The molecule has 2 N–H and O–H groups in total. The summed E-state index contributed by atoms with van der Waals surface area (Å²) in [5, 5.41) is 0. The van der Waals surface area contributed by atoms with Gasteiger partial charge in [-0.15, -0.1) is 0 Å². The third kappa shape index (κ3) is 10.7. The van der Waals surface area contributed by atoms with Gasteiger partial charge in [-0.2, -0.15) is 0 Å². The number of H-pyrrole nitrogens is 2. The zero-order valence-corrected chi connectivity index (χ0v) is 19.7. The summed E-state index contributed by atoms with van der Waals surface area (Å²) in [6, 6.07) is 10.4. The van der Waals surface area contributed by atoms with Crippen LogP contribution in [0.15, 0.2) is 46.0 Å². The summed E-state index contributed by atoms with van der Waals surface area (Å²) in [7, 11) is 0. The number of pyridine rings is 2. The fourth-order valence-electron chi connectivity index (χ4n) is 3.61. The summed E-state index contributed by atoms with van der Waals surface area (Å²) < 4.78 is 23.0. The molecule has 0 bridgehead atoms. The number of hydrogen-bond acceptors (Lipinski definition) is 8. The number of rotatable bonds is 4. The van der Waals surface area contributed by atoms with E-state index >= 15 is 0 Å². The van der Waals surface area contributed by atoms with Crippen LogP contribution in [0.4, 0.5) is 0 Å². The Kier molecular flexibility index (Phi) is 12.0. The molecule has 0 amide bonds. The van der Waals surface area contributed by atoms with E-state index in [1.165, 1.54) is 12.1 Å². The van der Waals surface area contributed by atoms with Gasteiger partial charge in [-0.3, -0.25) is 19.4 Å². The smallest absolute Gasteiger partial charge is 0.248 e. The summed E-state index contributed by atoms with van der Waals surface area (Å²) in [5.74, 6) is 0. The van der Waals surface area contributed by atoms with Crippen molar-refractivity contribution >= 4 is 0 Å². The summed E-state index contributed by atoms with van der Waals surface area (Å²) >= 11 is 0. The minimum atomic E-state index is -0.101. The van der Waals surface area contributed by atoms with E-state index in [2.05, 4.69) is 19.8 Å². The molecule has 0 radical (unpaired) electrons. The summed E-state index contributed by atoms with van der Waals surface area (Å²) in [6.45, 7) is 8.46. The molecule has 0 saturated carbocycles. The van der Waals surface area contributed by atoms with E-state index < -0.39 is 0 Å². The molecule has 0 aliphatic carbocycles. The van der Waals surface area contributed by atoms with Crippen molar-refractivity contribution in [1.29, 1.82) is 0 Å². The molecule has 0 spiro atoms. The number of nitrogens with one attached hydrogen (secondary N) is 2. The lowest BCUT2D eigenvalue weighted by molar-refractivity contribution is 0.00598. The predicted molar refractivity (Wildman–Crippen MR) is 128 cm³/mol. The van der Waals surface area contributed by atoms with Crippen LogP contribution in [0, 0.1) is 0 Å². The molecule has 34 heavy (non-hydrogen) atoms. The lowest BCUT2D eigenvalue weighted by atomic mass is 10.3. The van der Waals surface area contributed by atoms with Gasteiger partial charge in [-0.05, 0) is 12.1 Å². The van der Waals surface area contributed by atoms with Gasteiger partial charge in [-0.25, -0.2) is 0 Å². The normalized spacial score (nSPS) is 19.3. The van der Waals surface area contributed by atoms with Gasteiger partial charge in [0.1, 0.15) is 0 Å². The molecule has 1 aliphatic heterocycles. The molecule has 1 aliphatic rings. The molecule has 2 aromatic heterocycles. The highest BCUT2D eigenvalue weighted by molar-refractivity contribution is 5.04. The van der Waals surface area contributed by atoms with Crippen molar-refractivity contribution in [3.05, 3.63) is 68.5 Å². The first-order valence-electron chi connectivity index (χ1n) is 11.8. The Morgan fingerprint density at radius 1 is 0.559 bits per heavy atom. The maximum Gasteiger partial charge on any atom is 0.248 e. The van der Waals surface area contributed by atoms with Gasteiger partial charge < -0.3 is 28.9 Å². The number of ether oxygens (including phenoxy) is 4. The minimum absolute atomic E-state index is 0.101. The number of nitrogens with zero attached hydrogens (tertiary/aromatic N) is 2. The van der Waals surface area contributed by atoms with Gasteiger partial charge in [0.2, 0.25) is 11.1 Å². The molecule has 2 aromatic rings. The van der Waals surface area contributed by atoms with Gasteiger partial charge in [0.05, 0.1) is 52.9 Å². The van der Waals surface area contributed by atoms with Crippen molar-refractivity contribution < 1.29 is 18.9 Å². The topological polar surface area (TPSA) is 109 Å². The first-order valence-corrected chi connectivity index (χ1v) is 11.8. The monoisotopic (exact) mass is 476 g/mol. The lowest BCUT2D eigenvalue weighted by Crippen LogP contribution is -2.33. The largest absolute Gasteiger partial charge is 0.378 e. The number of hydrogen-bond donors (Lipinski definition) is 2. The molecule has 0 atom stereocenters. The molecule has 188 valence electrons. The van der Waals surface area contributed by atoms with Gasteiger partial charge >= 0.3 is 0 Å². The van der Waals surface area contributed by atoms with E-state index in [1.54, 1.807) is 12.1 Å². The van der Waals surface area contributed by atoms with E-state index in [9.17, 15) is 9.59 Å². The molecular formula is C24H36N4O6. The van der Waals surface area contributed by atoms with Crippen LogP contribution < -0.4 is 11.1 Å². The summed E-state index contributed by atoms with van der Waals surface area (Å²) in [4.78, 5) is 33.3. The average molecular weight is 477 g/mol. The maximum atomic E-state index is 11.6. The van der Waals surface area contributed by atoms with E-state index in [0.717, 1.165) is 37.6 Å². The molecule has 0 unspecified atom stereocenters. The Labute approximate surface area is 199 Å². The minimum Gasteiger partial charge on any atom is -0.378 e. The van der Waals surface area contributed by atoms with Crippen molar-refractivity contribution in [2.45, 2.75) is 13.1 Å². The van der Waals surface area contributed by atoms with Gasteiger partial charge in [0.25, 0.3) is 0 Å². The number of aromatic nitrogens is 2. The molecular weight excluding hydrogens is 440 g/mol. The zero-order valence-electron chi connectivity index (χ0n) is 19.7. The van der Waals surface area contributed by atoms with Crippen LogP contribution in [0.3, 0.4) is 0 Å². The van der Waals surface area contributed by atoms with Gasteiger partial charge in [0, 0.05) is 62.8 Å². The molecule has 1 saturated heterocycles. The molecule has 1 fully saturated rings. The van der Waals surface area contributed by atoms with Crippen LogP contribution >= 0.6 is 0 Å². The van der Waals surface area contributed by atoms with Gasteiger partial charge in [-0.1, -0.05) is 12.1 Å². The fourth-order valence-corrected chi connectivity index (χ4v) is 3.61. The van der Waals surface area contributed by atoms with Crippen molar-refractivity contribution in [1.82, 2.24) is 19.8 Å². The SMILES string of the molecule is O=c1cccc(CN2CCOCCOCCN(Cc3cccc(=O)[nH]3)CCOCCOCC2)[nH]1. The standard InChI is InChI=1S/C24H36N4O6/c29-23-5-1-3-21(25-23)19-27-7-11-31-15-17-33-13-9-28(10-14-34-18-16-32-12-8-27)20-22-4-2-6-24(30)26-22/h1-6H,7-20H2,(H,25,29)(H,26,30).